The Bertz CT molecular complexity index is 83.4. The number of rotatable bonds is 3. The van der Waals surface area contributed by atoms with E-state index in [4.69, 9.17) is 0 Å². The minimum atomic E-state index is -1.95. The molecule has 8 heavy (non-hydrogen) atoms. The lowest BCUT2D eigenvalue weighted by molar-refractivity contribution is 0.530. The van der Waals surface area contributed by atoms with E-state index in [0.29, 0.717) is 10.7 Å². The minimum absolute atomic E-state index is 0.296. The Balaban J connectivity index is 3.52. The number of halogens is 2. The van der Waals surface area contributed by atoms with Crippen LogP contribution in [0.3, 0.4) is 0 Å². The highest BCUT2D eigenvalue weighted by Gasteiger charge is 2.02. The van der Waals surface area contributed by atoms with E-state index in [1.54, 1.807) is 0 Å². The second-order valence-electron chi connectivity index (χ2n) is 1.19. The molecule has 0 aliphatic carbocycles. The van der Waals surface area contributed by atoms with Gasteiger partial charge in [0.15, 0.2) is 0 Å². The quantitative estimate of drug-likeness (QED) is 0.564. The molecule has 0 radical (unpaired) electrons. The molecule has 2 nitrogen and oxygen atoms in total. The van der Waals surface area contributed by atoms with Gasteiger partial charge in [0.05, 0.1) is 0 Å². The van der Waals surface area contributed by atoms with Crippen LogP contribution in [0.2, 0.25) is 0 Å². The molecule has 0 bridgehead atoms. The highest BCUT2D eigenvalue weighted by molar-refractivity contribution is 9.10. The summed E-state index contributed by atoms with van der Waals surface area (Å²) in [5.74, 6) is 0. The maximum atomic E-state index is 10.1. The van der Waals surface area contributed by atoms with Crippen LogP contribution in [0.1, 0.15) is 0 Å². The molecule has 0 heterocycles. The van der Waals surface area contributed by atoms with Crippen LogP contribution in [-0.4, -0.2) is 24.7 Å². The Morgan fingerprint density at radius 1 is 1.50 bits per heavy atom. The highest BCUT2D eigenvalue weighted by Crippen LogP contribution is 2.01. The molecule has 0 amide bonds. The third-order valence-electron chi connectivity index (χ3n) is 0.616. The van der Waals surface area contributed by atoms with Gasteiger partial charge >= 0.3 is 0 Å². The predicted molar refractivity (Wildman–Crippen MR) is 40.3 cm³/mol. The molecule has 0 rings (SSSR count). The SMILES string of the molecule is O=S([O-])C(CBr)CBr. The van der Waals surface area contributed by atoms with Gasteiger partial charge in [-0.3, -0.25) is 4.21 Å². The summed E-state index contributed by atoms with van der Waals surface area (Å²) in [6, 6.07) is 0. The number of alkyl halides is 2. The lowest BCUT2D eigenvalue weighted by Gasteiger charge is -2.12. The first-order valence-corrected chi connectivity index (χ1v) is 5.30. The average molecular weight is 265 g/mol. The van der Waals surface area contributed by atoms with E-state index < -0.39 is 11.1 Å². The fourth-order valence-electron chi connectivity index (χ4n) is 0.144. The van der Waals surface area contributed by atoms with E-state index in [1.165, 1.54) is 0 Å². The summed E-state index contributed by atoms with van der Waals surface area (Å²) in [5, 5.41) is 0.693. The van der Waals surface area contributed by atoms with E-state index in [2.05, 4.69) is 31.9 Å². The molecule has 0 aromatic carbocycles. The zero-order chi connectivity index (χ0) is 6.57. The molecule has 1 unspecified atom stereocenters. The van der Waals surface area contributed by atoms with Crippen molar-refractivity contribution < 1.29 is 8.76 Å². The standard InChI is InChI=1S/C3H6Br2O2S/c4-1-3(2-5)8(6)7/h3H,1-2H2,(H,6,7)/p-1. The number of hydrogen-bond acceptors (Lipinski definition) is 2. The minimum Gasteiger partial charge on any atom is -0.772 e. The lowest BCUT2D eigenvalue weighted by atomic mass is 10.6. The second kappa shape index (κ2) is 4.90. The molecule has 50 valence electrons. The number of hydrogen-bond donors (Lipinski definition) is 0. The van der Waals surface area contributed by atoms with Crippen molar-refractivity contribution in [2.75, 3.05) is 10.7 Å². The molecule has 0 fully saturated rings. The van der Waals surface area contributed by atoms with Crippen LogP contribution >= 0.6 is 31.9 Å². The summed E-state index contributed by atoms with van der Waals surface area (Å²) in [5.41, 5.74) is 0. The molecular weight excluding hydrogens is 260 g/mol. The van der Waals surface area contributed by atoms with Gasteiger partial charge in [0.1, 0.15) is 0 Å². The first-order valence-electron chi connectivity index (χ1n) is 1.92. The van der Waals surface area contributed by atoms with Gasteiger partial charge in [-0.25, -0.2) is 0 Å². The Morgan fingerprint density at radius 3 is 1.88 bits per heavy atom. The third-order valence-corrected chi connectivity index (χ3v) is 3.91. The lowest BCUT2D eigenvalue weighted by Crippen LogP contribution is -2.17. The van der Waals surface area contributed by atoms with Crippen LogP contribution in [-0.2, 0) is 11.1 Å². The zero-order valence-electron chi connectivity index (χ0n) is 3.97. The van der Waals surface area contributed by atoms with Gasteiger partial charge in [-0.1, -0.05) is 42.9 Å². The van der Waals surface area contributed by atoms with Gasteiger partial charge in [0.25, 0.3) is 0 Å². The van der Waals surface area contributed by atoms with Crippen molar-refractivity contribution in [2.24, 2.45) is 0 Å². The first kappa shape index (κ1) is 9.07. The Labute approximate surface area is 67.6 Å². The van der Waals surface area contributed by atoms with Crippen molar-refractivity contribution in [3.8, 4) is 0 Å². The van der Waals surface area contributed by atoms with E-state index in [-0.39, 0.29) is 5.25 Å². The molecule has 0 saturated carbocycles. The third kappa shape index (κ3) is 3.17. The van der Waals surface area contributed by atoms with E-state index in [0.717, 1.165) is 0 Å². The largest absolute Gasteiger partial charge is 0.772 e. The Morgan fingerprint density at radius 2 is 1.88 bits per heavy atom. The monoisotopic (exact) mass is 263 g/mol. The van der Waals surface area contributed by atoms with E-state index in [1.807, 2.05) is 0 Å². The van der Waals surface area contributed by atoms with Crippen molar-refractivity contribution in [1.82, 2.24) is 0 Å². The highest BCUT2D eigenvalue weighted by atomic mass is 79.9. The molecular formula is C3H5Br2O2S-. The van der Waals surface area contributed by atoms with Crippen molar-refractivity contribution in [3.05, 3.63) is 0 Å². The van der Waals surface area contributed by atoms with Crippen molar-refractivity contribution in [2.45, 2.75) is 5.25 Å². The summed E-state index contributed by atoms with van der Waals surface area (Å²) in [6.07, 6.45) is 0. The van der Waals surface area contributed by atoms with Gasteiger partial charge in [-0.15, -0.1) is 0 Å². The molecule has 0 saturated heterocycles. The fraction of sp³-hybridized carbons (Fsp3) is 1.00. The van der Waals surface area contributed by atoms with Crippen molar-refractivity contribution >= 4 is 42.9 Å². The van der Waals surface area contributed by atoms with Gasteiger partial charge in [-0.2, -0.15) is 0 Å². The van der Waals surface area contributed by atoms with E-state index >= 15 is 0 Å². The maximum absolute atomic E-state index is 10.1. The Hall–Kier alpha value is 1.07. The molecule has 5 heteroatoms. The van der Waals surface area contributed by atoms with E-state index in [9.17, 15) is 8.76 Å². The normalized spacial score (nSPS) is 14.5. The molecule has 0 aliphatic heterocycles. The molecule has 0 aromatic rings. The van der Waals surface area contributed by atoms with Crippen molar-refractivity contribution in [1.29, 1.82) is 0 Å². The topological polar surface area (TPSA) is 40.1 Å². The summed E-state index contributed by atoms with van der Waals surface area (Å²) >= 11 is 4.16. The Kier molecular flexibility index (Phi) is 5.56. The van der Waals surface area contributed by atoms with Crippen LogP contribution < -0.4 is 0 Å². The summed E-state index contributed by atoms with van der Waals surface area (Å²) in [7, 11) is 0. The molecule has 0 N–H and O–H groups in total. The summed E-state index contributed by atoms with van der Waals surface area (Å²) < 4.78 is 20.2. The van der Waals surface area contributed by atoms with Crippen LogP contribution in [0.4, 0.5) is 0 Å². The maximum Gasteiger partial charge on any atom is 0.0409 e. The molecule has 0 spiro atoms. The van der Waals surface area contributed by atoms with Gasteiger partial charge < -0.3 is 4.55 Å². The second-order valence-corrected chi connectivity index (χ2v) is 3.67. The predicted octanol–water partition coefficient (Wildman–Crippen LogP) is 1.02. The van der Waals surface area contributed by atoms with Gasteiger partial charge in [-0.05, 0) is 0 Å². The van der Waals surface area contributed by atoms with Crippen LogP contribution in [0.5, 0.6) is 0 Å². The summed E-state index contributed by atoms with van der Waals surface area (Å²) in [4.78, 5) is 0. The van der Waals surface area contributed by atoms with Crippen molar-refractivity contribution in [3.63, 3.8) is 0 Å². The molecule has 0 aromatic heterocycles. The van der Waals surface area contributed by atoms with Gasteiger partial charge in [0, 0.05) is 15.9 Å². The fourth-order valence-corrected chi connectivity index (χ4v) is 2.72. The van der Waals surface area contributed by atoms with Crippen LogP contribution in [0, 0.1) is 0 Å². The summed E-state index contributed by atoms with van der Waals surface area (Å²) in [6.45, 7) is 0. The smallest absolute Gasteiger partial charge is 0.0409 e. The van der Waals surface area contributed by atoms with Crippen LogP contribution in [0.15, 0.2) is 0 Å². The first-order chi connectivity index (χ1) is 3.72. The zero-order valence-corrected chi connectivity index (χ0v) is 7.96. The molecule has 0 aliphatic rings. The van der Waals surface area contributed by atoms with Gasteiger partial charge in [0.2, 0.25) is 0 Å². The van der Waals surface area contributed by atoms with Crippen LogP contribution in [0.25, 0.3) is 0 Å². The average Bonchev–Trinajstić information content (AvgIpc) is 1.69. The molecule has 1 atom stereocenters.